The summed E-state index contributed by atoms with van der Waals surface area (Å²) >= 11 is 5.16. The number of fused-ring (bicyclic) bond motifs is 1. The molecule has 2 heterocycles. The van der Waals surface area contributed by atoms with Crippen LogP contribution in [0.15, 0.2) is 60.7 Å². The average molecular weight is 416 g/mol. The molecule has 0 fully saturated rings. The number of hydrogen-bond donors (Lipinski definition) is 2. The zero-order chi connectivity index (χ0) is 21.0. The Kier molecular flexibility index (Phi) is 3.87. The third kappa shape index (κ3) is 2.49. The number of imide groups is 2. The van der Waals surface area contributed by atoms with E-state index in [-0.39, 0.29) is 16.2 Å². The van der Waals surface area contributed by atoms with Gasteiger partial charge in [-0.3, -0.25) is 30.0 Å². The van der Waals surface area contributed by atoms with E-state index in [1.165, 1.54) is 12.1 Å². The van der Waals surface area contributed by atoms with Crippen molar-refractivity contribution in [2.24, 2.45) is 0 Å². The molecule has 0 saturated carbocycles. The number of hydrazine groups is 2. The van der Waals surface area contributed by atoms with Gasteiger partial charge >= 0.3 is 0 Å². The second kappa shape index (κ2) is 6.46. The Hall–Kier alpha value is -4.11. The molecule has 2 N–H and O–H groups in total. The molecule has 9 heteroatoms. The maximum Gasteiger partial charge on any atom is 0.280 e. The highest BCUT2D eigenvalue weighted by atomic mass is 32.1. The van der Waals surface area contributed by atoms with E-state index in [0.717, 1.165) is 15.4 Å². The smallest absolute Gasteiger partial charge is 0.267 e. The Balaban J connectivity index is 1.40. The van der Waals surface area contributed by atoms with Gasteiger partial charge in [-0.25, -0.2) is 0 Å². The Labute approximate surface area is 175 Å². The van der Waals surface area contributed by atoms with E-state index < -0.39 is 23.6 Å². The first-order valence-corrected chi connectivity index (χ1v) is 9.34. The van der Waals surface area contributed by atoms with Crippen LogP contribution in [0.1, 0.15) is 41.4 Å². The highest BCUT2D eigenvalue weighted by Gasteiger charge is 2.37. The van der Waals surface area contributed by atoms with Gasteiger partial charge in [0.15, 0.2) is 0 Å². The van der Waals surface area contributed by atoms with Crippen molar-refractivity contribution >= 4 is 51.7 Å². The molecule has 0 aromatic heterocycles. The molecule has 0 atom stereocenters. The fraction of sp³-hybridized carbons (Fsp3) is 0. The fourth-order valence-corrected chi connectivity index (χ4v) is 3.83. The van der Waals surface area contributed by atoms with Crippen molar-refractivity contribution < 1.29 is 19.2 Å². The van der Waals surface area contributed by atoms with Gasteiger partial charge in [0.2, 0.25) is 5.11 Å². The SMILES string of the molecule is O=C1c2ccccc2C(=O)N1NC(=S)NN1C(=O)c2cccc3cccc(c23)C1=O. The summed E-state index contributed by atoms with van der Waals surface area (Å²) in [6.07, 6.45) is 0. The lowest BCUT2D eigenvalue weighted by atomic mass is 9.95. The maximum absolute atomic E-state index is 12.9. The van der Waals surface area contributed by atoms with Crippen LogP contribution in [-0.2, 0) is 0 Å². The van der Waals surface area contributed by atoms with Crippen LogP contribution in [0.2, 0.25) is 0 Å². The van der Waals surface area contributed by atoms with Crippen molar-refractivity contribution in [2.45, 2.75) is 0 Å². The zero-order valence-corrected chi connectivity index (χ0v) is 16.0. The van der Waals surface area contributed by atoms with Crippen LogP contribution in [0.25, 0.3) is 10.8 Å². The lowest BCUT2D eigenvalue weighted by Gasteiger charge is -2.29. The molecule has 3 aromatic rings. The summed E-state index contributed by atoms with van der Waals surface area (Å²) in [6.45, 7) is 0. The van der Waals surface area contributed by atoms with E-state index in [0.29, 0.717) is 16.5 Å². The molecule has 4 amide bonds. The monoisotopic (exact) mass is 416 g/mol. The van der Waals surface area contributed by atoms with Gasteiger partial charge in [-0.2, -0.15) is 10.0 Å². The highest BCUT2D eigenvalue weighted by Crippen LogP contribution is 2.29. The van der Waals surface area contributed by atoms with Crippen LogP contribution in [0.4, 0.5) is 0 Å². The minimum atomic E-state index is -0.587. The number of amides is 4. The van der Waals surface area contributed by atoms with Gasteiger partial charge in [0.25, 0.3) is 23.6 Å². The van der Waals surface area contributed by atoms with Gasteiger partial charge in [0, 0.05) is 5.39 Å². The first kappa shape index (κ1) is 18.0. The first-order chi connectivity index (χ1) is 14.5. The van der Waals surface area contributed by atoms with Crippen LogP contribution >= 0.6 is 12.2 Å². The van der Waals surface area contributed by atoms with Crippen molar-refractivity contribution in [2.75, 3.05) is 0 Å². The normalized spacial score (nSPS) is 14.9. The minimum Gasteiger partial charge on any atom is -0.267 e. The van der Waals surface area contributed by atoms with Crippen molar-refractivity contribution in [3.05, 3.63) is 82.9 Å². The molecular formula is C21H12N4O4S. The predicted octanol–water partition coefficient (Wildman–Crippen LogP) is 2.03. The summed E-state index contributed by atoms with van der Waals surface area (Å²) in [5, 5.41) is 2.61. The fourth-order valence-electron chi connectivity index (χ4n) is 3.65. The first-order valence-electron chi connectivity index (χ1n) is 8.93. The number of thiocarbonyl (C=S) groups is 1. The number of carbonyl (C=O) groups is 4. The third-order valence-electron chi connectivity index (χ3n) is 4.99. The molecule has 0 unspecified atom stereocenters. The van der Waals surface area contributed by atoms with Crippen LogP contribution < -0.4 is 10.9 Å². The Morgan fingerprint density at radius 1 is 0.600 bits per heavy atom. The molecule has 0 aliphatic carbocycles. The number of nitrogens with zero attached hydrogens (tertiary/aromatic N) is 2. The predicted molar refractivity (Wildman–Crippen MR) is 110 cm³/mol. The summed E-state index contributed by atoms with van der Waals surface area (Å²) in [7, 11) is 0. The highest BCUT2D eigenvalue weighted by molar-refractivity contribution is 7.80. The van der Waals surface area contributed by atoms with Gasteiger partial charge in [0.05, 0.1) is 22.3 Å². The number of carbonyl (C=O) groups excluding carboxylic acids is 4. The van der Waals surface area contributed by atoms with Gasteiger partial charge < -0.3 is 0 Å². The van der Waals surface area contributed by atoms with Gasteiger partial charge in [0.1, 0.15) is 0 Å². The molecule has 0 spiro atoms. The lowest BCUT2D eigenvalue weighted by Crippen LogP contribution is -2.58. The molecule has 5 rings (SSSR count). The number of hydrogen-bond acceptors (Lipinski definition) is 5. The molecule has 8 nitrogen and oxygen atoms in total. The van der Waals surface area contributed by atoms with E-state index in [1.54, 1.807) is 36.4 Å². The largest absolute Gasteiger partial charge is 0.280 e. The molecule has 30 heavy (non-hydrogen) atoms. The van der Waals surface area contributed by atoms with Crippen molar-refractivity contribution in [3.8, 4) is 0 Å². The summed E-state index contributed by atoms with van der Waals surface area (Å²) < 4.78 is 0. The minimum absolute atomic E-state index is 0.239. The molecule has 0 saturated heterocycles. The molecule has 3 aromatic carbocycles. The average Bonchev–Trinajstić information content (AvgIpc) is 3.00. The summed E-state index contributed by atoms with van der Waals surface area (Å²) in [6, 6.07) is 16.7. The standard InChI is InChI=1S/C21H12N4O4S/c26-17-12-7-1-2-8-13(12)18(27)24(17)22-21(30)23-25-19(28)14-9-3-5-11-6-4-10-15(16(11)14)20(25)29/h1-10H,(H2,22,23,30). The molecule has 146 valence electrons. The number of rotatable bonds is 2. The quantitative estimate of drug-likeness (QED) is 0.487. The van der Waals surface area contributed by atoms with E-state index in [9.17, 15) is 19.2 Å². The number of benzene rings is 3. The topological polar surface area (TPSA) is 98.8 Å². The Morgan fingerprint density at radius 3 is 1.47 bits per heavy atom. The van der Waals surface area contributed by atoms with E-state index in [1.807, 2.05) is 12.1 Å². The van der Waals surface area contributed by atoms with Gasteiger partial charge in [-0.15, -0.1) is 0 Å². The molecule has 0 radical (unpaired) electrons. The van der Waals surface area contributed by atoms with Gasteiger partial charge in [-0.05, 0) is 41.9 Å². The van der Waals surface area contributed by atoms with E-state index >= 15 is 0 Å². The van der Waals surface area contributed by atoms with Crippen LogP contribution in [0, 0.1) is 0 Å². The zero-order valence-electron chi connectivity index (χ0n) is 15.2. The van der Waals surface area contributed by atoms with Crippen molar-refractivity contribution in [3.63, 3.8) is 0 Å². The summed E-state index contributed by atoms with van der Waals surface area (Å²) in [5.41, 5.74) is 6.15. The van der Waals surface area contributed by atoms with E-state index in [4.69, 9.17) is 12.2 Å². The maximum atomic E-state index is 12.9. The Morgan fingerprint density at radius 2 is 1.00 bits per heavy atom. The summed E-state index contributed by atoms with van der Waals surface area (Å²) in [4.78, 5) is 50.7. The Bertz CT molecular complexity index is 1230. The second-order valence-electron chi connectivity index (χ2n) is 6.70. The molecule has 2 aliphatic heterocycles. The number of nitrogens with one attached hydrogen (secondary N) is 2. The summed E-state index contributed by atoms with van der Waals surface area (Å²) in [5.74, 6) is -2.33. The van der Waals surface area contributed by atoms with Crippen molar-refractivity contribution in [1.82, 2.24) is 20.9 Å². The van der Waals surface area contributed by atoms with Crippen molar-refractivity contribution in [1.29, 1.82) is 0 Å². The van der Waals surface area contributed by atoms with Crippen LogP contribution in [0.3, 0.4) is 0 Å². The molecule has 2 aliphatic rings. The molecule has 0 bridgehead atoms. The van der Waals surface area contributed by atoms with Gasteiger partial charge in [-0.1, -0.05) is 36.4 Å². The van der Waals surface area contributed by atoms with E-state index in [2.05, 4.69) is 10.9 Å². The van der Waals surface area contributed by atoms with Crippen LogP contribution in [0.5, 0.6) is 0 Å². The van der Waals surface area contributed by atoms with Crippen LogP contribution in [-0.4, -0.2) is 38.8 Å². The second-order valence-corrected chi connectivity index (χ2v) is 7.11. The lowest BCUT2D eigenvalue weighted by molar-refractivity contribution is 0.0558. The molecular weight excluding hydrogens is 404 g/mol. The third-order valence-corrected chi connectivity index (χ3v) is 5.18.